The minimum Gasteiger partial charge on any atom is -0.381 e. The van der Waals surface area contributed by atoms with Crippen LogP contribution < -0.4 is 10.0 Å². The van der Waals surface area contributed by atoms with Gasteiger partial charge in [-0.1, -0.05) is 23.7 Å². The molecule has 9 nitrogen and oxygen atoms in total. The first kappa shape index (κ1) is 26.5. The van der Waals surface area contributed by atoms with Crippen LogP contribution in [0, 0.1) is 5.92 Å². The lowest BCUT2D eigenvalue weighted by atomic mass is 9.87. The Labute approximate surface area is 225 Å². The van der Waals surface area contributed by atoms with Crippen molar-refractivity contribution < 1.29 is 26.7 Å². The Balaban J connectivity index is 1.41. The molecule has 2 N–H and O–H groups in total. The fraction of sp³-hybridized carbons (Fsp3) is 0.292. The summed E-state index contributed by atoms with van der Waals surface area (Å²) in [5.74, 6) is -4.00. The first-order chi connectivity index (χ1) is 18.2. The minimum absolute atomic E-state index is 0.0163. The van der Waals surface area contributed by atoms with E-state index < -0.39 is 27.7 Å². The quantitative estimate of drug-likeness (QED) is 0.303. The van der Waals surface area contributed by atoms with E-state index in [0.717, 1.165) is 16.0 Å². The van der Waals surface area contributed by atoms with Gasteiger partial charge in [0.2, 0.25) is 0 Å². The van der Waals surface area contributed by atoms with Crippen molar-refractivity contribution in [2.45, 2.75) is 24.6 Å². The molecule has 1 amide bonds. The van der Waals surface area contributed by atoms with E-state index in [9.17, 15) is 22.0 Å². The number of sulfonamides is 1. The van der Waals surface area contributed by atoms with Crippen molar-refractivity contribution in [1.29, 1.82) is 0 Å². The van der Waals surface area contributed by atoms with Gasteiger partial charge in [-0.15, -0.1) is 11.3 Å². The number of aromatic nitrogens is 3. The number of fused-ring (bicyclic) bond motifs is 1. The van der Waals surface area contributed by atoms with E-state index in [4.69, 9.17) is 16.3 Å². The van der Waals surface area contributed by atoms with Crippen molar-refractivity contribution in [3.63, 3.8) is 0 Å². The van der Waals surface area contributed by atoms with E-state index in [1.54, 1.807) is 47.4 Å². The molecular weight excluding hydrogens is 560 g/mol. The molecule has 1 aliphatic rings. The molecule has 1 saturated heterocycles. The van der Waals surface area contributed by atoms with Gasteiger partial charge in [-0.05, 0) is 48.6 Å². The molecule has 1 aliphatic heterocycles. The molecule has 0 radical (unpaired) electrons. The first-order valence-corrected chi connectivity index (χ1v) is 14.3. The van der Waals surface area contributed by atoms with Crippen LogP contribution in [0.2, 0.25) is 5.02 Å². The van der Waals surface area contributed by atoms with Crippen LogP contribution in [-0.2, 0) is 14.8 Å². The van der Waals surface area contributed by atoms with Crippen molar-refractivity contribution in [3.8, 4) is 10.4 Å². The Morgan fingerprint density at radius 3 is 2.74 bits per heavy atom. The van der Waals surface area contributed by atoms with Crippen LogP contribution in [-0.4, -0.2) is 47.9 Å². The molecule has 1 atom stereocenters. The van der Waals surface area contributed by atoms with Gasteiger partial charge in [0.25, 0.3) is 15.9 Å². The summed E-state index contributed by atoms with van der Waals surface area (Å²) >= 11 is 7.34. The predicted octanol–water partition coefficient (Wildman–Crippen LogP) is 4.97. The Hall–Kier alpha value is -3.13. The van der Waals surface area contributed by atoms with Crippen molar-refractivity contribution in [2.75, 3.05) is 17.9 Å². The summed E-state index contributed by atoms with van der Waals surface area (Å²) in [7, 11) is -4.84. The molecule has 4 aromatic rings. The van der Waals surface area contributed by atoms with Crippen LogP contribution >= 0.6 is 22.9 Å². The third kappa shape index (κ3) is 5.65. The van der Waals surface area contributed by atoms with Gasteiger partial charge in [-0.25, -0.2) is 17.9 Å². The van der Waals surface area contributed by atoms with E-state index in [-0.39, 0.29) is 16.6 Å². The first-order valence-electron chi connectivity index (χ1n) is 11.6. The van der Waals surface area contributed by atoms with E-state index in [0.29, 0.717) is 36.6 Å². The summed E-state index contributed by atoms with van der Waals surface area (Å²) in [6, 6.07) is 9.08. The lowest BCUT2D eigenvalue weighted by Crippen LogP contribution is -2.36. The van der Waals surface area contributed by atoms with Crippen LogP contribution in [0.25, 0.3) is 16.0 Å². The minimum atomic E-state index is -4.84. The largest absolute Gasteiger partial charge is 0.381 e. The van der Waals surface area contributed by atoms with E-state index in [1.807, 2.05) is 4.72 Å². The average Bonchev–Trinajstić information content (AvgIpc) is 3.54. The topological polar surface area (TPSA) is 115 Å². The third-order valence-electron chi connectivity index (χ3n) is 6.21. The zero-order valence-corrected chi connectivity index (χ0v) is 22.1. The Morgan fingerprint density at radius 2 is 1.97 bits per heavy atom. The number of carbonyl (C=O) groups is 1. The maximum absolute atomic E-state index is 13.3. The zero-order chi connectivity index (χ0) is 26.9. The van der Waals surface area contributed by atoms with Crippen LogP contribution in [0.4, 0.5) is 14.5 Å². The third-order valence-corrected chi connectivity index (χ3v) is 8.47. The summed E-state index contributed by atoms with van der Waals surface area (Å²) in [5.41, 5.74) is 2.12. The molecule has 0 aliphatic carbocycles. The number of anilines is 1. The fourth-order valence-corrected chi connectivity index (χ4v) is 5.92. The summed E-state index contributed by atoms with van der Waals surface area (Å²) in [4.78, 5) is 18.4. The fourth-order valence-electron chi connectivity index (χ4n) is 4.38. The molecule has 5 rings (SSSR count). The van der Waals surface area contributed by atoms with Crippen LogP contribution in [0.3, 0.4) is 0 Å². The Morgan fingerprint density at radius 1 is 1.18 bits per heavy atom. The van der Waals surface area contributed by atoms with Crippen molar-refractivity contribution in [1.82, 2.24) is 19.9 Å². The second kappa shape index (κ2) is 10.9. The molecule has 0 spiro atoms. The van der Waals surface area contributed by atoms with E-state index in [1.165, 1.54) is 23.5 Å². The molecule has 3 aromatic heterocycles. The number of alkyl halides is 2. The number of nitrogens with one attached hydrogen (secondary N) is 2. The molecule has 0 bridgehead atoms. The molecule has 200 valence electrons. The number of carbonyl (C=O) groups excluding carboxylic acids is 1. The Bertz CT molecular complexity index is 1570. The summed E-state index contributed by atoms with van der Waals surface area (Å²) < 4.78 is 58.2. The number of amides is 1. The number of ether oxygens (including phenoxy) is 1. The predicted molar refractivity (Wildman–Crippen MR) is 140 cm³/mol. The number of halogens is 3. The van der Waals surface area contributed by atoms with Gasteiger partial charge < -0.3 is 10.1 Å². The van der Waals surface area contributed by atoms with Crippen molar-refractivity contribution in [3.05, 3.63) is 70.6 Å². The molecule has 0 saturated carbocycles. The second-order valence-electron chi connectivity index (χ2n) is 8.70. The van der Waals surface area contributed by atoms with Gasteiger partial charge in [0.15, 0.2) is 5.01 Å². The van der Waals surface area contributed by atoms with E-state index in [2.05, 4.69) is 15.4 Å². The SMILES string of the molecule is O=C(N[C@H](c1cccc(NS(=O)(=O)C(F)F)c1)C1CCOCC1)c1ncc(-c2cnn3ccc(Cl)cc23)s1. The lowest BCUT2D eigenvalue weighted by molar-refractivity contribution is 0.0514. The monoisotopic (exact) mass is 581 g/mol. The van der Waals surface area contributed by atoms with Gasteiger partial charge in [-0.3, -0.25) is 9.52 Å². The number of pyridine rings is 1. The number of benzene rings is 1. The molecule has 1 fully saturated rings. The number of rotatable bonds is 8. The highest BCUT2D eigenvalue weighted by molar-refractivity contribution is 7.93. The maximum atomic E-state index is 13.3. The normalized spacial score (nSPS) is 15.6. The highest BCUT2D eigenvalue weighted by Gasteiger charge is 2.29. The average molecular weight is 582 g/mol. The van der Waals surface area contributed by atoms with Crippen LogP contribution in [0.15, 0.2) is 55.0 Å². The van der Waals surface area contributed by atoms with Gasteiger partial charge in [0, 0.05) is 41.9 Å². The lowest BCUT2D eigenvalue weighted by Gasteiger charge is -2.31. The Kier molecular flexibility index (Phi) is 7.61. The van der Waals surface area contributed by atoms with Gasteiger partial charge in [0.1, 0.15) is 0 Å². The van der Waals surface area contributed by atoms with E-state index >= 15 is 0 Å². The second-order valence-corrected chi connectivity index (χ2v) is 11.8. The highest BCUT2D eigenvalue weighted by Crippen LogP contribution is 2.34. The number of nitrogens with zero attached hydrogens (tertiary/aromatic N) is 3. The number of thiazole rings is 1. The number of hydrogen-bond donors (Lipinski definition) is 2. The van der Waals surface area contributed by atoms with Crippen molar-refractivity contribution in [2.24, 2.45) is 5.92 Å². The van der Waals surface area contributed by atoms with Crippen LogP contribution in [0.1, 0.15) is 34.2 Å². The molecule has 0 unspecified atom stereocenters. The highest BCUT2D eigenvalue weighted by atomic mass is 35.5. The molecule has 14 heteroatoms. The van der Waals surface area contributed by atoms with Gasteiger partial charge in [0.05, 0.1) is 22.6 Å². The van der Waals surface area contributed by atoms with Crippen molar-refractivity contribution >= 4 is 50.1 Å². The van der Waals surface area contributed by atoms with Crippen LogP contribution in [0.5, 0.6) is 0 Å². The molecular formula is C24H22ClF2N5O4S2. The van der Waals surface area contributed by atoms with Gasteiger partial charge in [-0.2, -0.15) is 13.9 Å². The maximum Gasteiger partial charge on any atom is 0.355 e. The smallest absolute Gasteiger partial charge is 0.355 e. The molecule has 38 heavy (non-hydrogen) atoms. The molecule has 4 heterocycles. The standard InChI is InChI=1S/C24H22ClF2N5O4S2/c25-16-4-7-32-19(11-16)18(12-29-32)20-13-28-23(37-20)22(33)30-21(14-5-8-36-9-6-14)15-2-1-3-17(10-15)31-38(34,35)24(26)27/h1-4,7,10-14,21,24,31H,5-6,8-9H2,(H,30,33)/t21-/m0/s1. The molecule has 1 aromatic carbocycles. The van der Waals surface area contributed by atoms with Gasteiger partial charge >= 0.3 is 5.76 Å². The zero-order valence-electron chi connectivity index (χ0n) is 19.7. The summed E-state index contributed by atoms with van der Waals surface area (Å²) in [6.07, 6.45) is 6.33. The number of hydrogen-bond acceptors (Lipinski definition) is 7. The summed E-state index contributed by atoms with van der Waals surface area (Å²) in [5, 5.41) is 8.12. The summed E-state index contributed by atoms with van der Waals surface area (Å²) in [6.45, 7) is 1.01.